The molecule has 0 saturated carbocycles. The van der Waals surface area contributed by atoms with E-state index in [0.29, 0.717) is 13.2 Å². The predicted molar refractivity (Wildman–Crippen MR) is 112 cm³/mol. The zero-order chi connectivity index (χ0) is 20.0. The van der Waals surface area contributed by atoms with Crippen molar-refractivity contribution in [2.24, 2.45) is 0 Å². The molecule has 0 heterocycles. The predicted octanol–water partition coefficient (Wildman–Crippen LogP) is 5.48. The molecule has 0 amide bonds. The summed E-state index contributed by atoms with van der Waals surface area (Å²) in [5, 5.41) is 9.41. The SMILES string of the molecule is CC(C)(C(=O)O)c1ccc(-c2ccccc2CCOCc2ccccc2)cc1. The number of hydrogen-bond donors (Lipinski definition) is 1. The molecule has 144 valence electrons. The lowest BCUT2D eigenvalue weighted by Crippen LogP contribution is -2.28. The fraction of sp³-hybridized carbons (Fsp3) is 0.240. The molecule has 3 heteroatoms. The molecular weight excluding hydrogens is 348 g/mol. The van der Waals surface area contributed by atoms with Crippen LogP contribution in [0.3, 0.4) is 0 Å². The summed E-state index contributed by atoms with van der Waals surface area (Å²) in [4.78, 5) is 11.5. The van der Waals surface area contributed by atoms with E-state index >= 15 is 0 Å². The van der Waals surface area contributed by atoms with Gasteiger partial charge in [0, 0.05) is 0 Å². The van der Waals surface area contributed by atoms with Crippen LogP contribution in [0, 0.1) is 0 Å². The fourth-order valence-corrected chi connectivity index (χ4v) is 3.16. The Balaban J connectivity index is 1.69. The van der Waals surface area contributed by atoms with Crippen molar-refractivity contribution in [1.82, 2.24) is 0 Å². The summed E-state index contributed by atoms with van der Waals surface area (Å²) in [6, 6.07) is 26.3. The van der Waals surface area contributed by atoms with Crippen molar-refractivity contribution in [3.05, 3.63) is 95.6 Å². The zero-order valence-corrected chi connectivity index (χ0v) is 16.4. The third-order valence-electron chi connectivity index (χ3n) is 5.10. The number of carboxylic acids is 1. The average Bonchev–Trinajstić information content (AvgIpc) is 2.72. The smallest absolute Gasteiger partial charge is 0.313 e. The summed E-state index contributed by atoms with van der Waals surface area (Å²) in [5.74, 6) is -0.823. The molecule has 0 atom stereocenters. The second kappa shape index (κ2) is 8.85. The van der Waals surface area contributed by atoms with Crippen molar-refractivity contribution in [2.45, 2.75) is 32.3 Å². The van der Waals surface area contributed by atoms with Crippen molar-refractivity contribution in [3.8, 4) is 11.1 Å². The number of carboxylic acid groups (broad SMARTS) is 1. The van der Waals surface area contributed by atoms with Gasteiger partial charge in [0.15, 0.2) is 0 Å². The summed E-state index contributed by atoms with van der Waals surface area (Å²) in [5.41, 5.74) is 4.54. The molecule has 3 aromatic carbocycles. The van der Waals surface area contributed by atoms with E-state index in [-0.39, 0.29) is 0 Å². The molecule has 28 heavy (non-hydrogen) atoms. The van der Waals surface area contributed by atoms with Gasteiger partial charge in [0.2, 0.25) is 0 Å². The van der Waals surface area contributed by atoms with E-state index in [1.165, 1.54) is 11.1 Å². The lowest BCUT2D eigenvalue weighted by atomic mass is 9.84. The monoisotopic (exact) mass is 374 g/mol. The first-order chi connectivity index (χ1) is 13.5. The molecular formula is C25H26O3. The van der Waals surface area contributed by atoms with Gasteiger partial charge in [0.1, 0.15) is 0 Å². The maximum Gasteiger partial charge on any atom is 0.313 e. The van der Waals surface area contributed by atoms with Crippen LogP contribution in [0.25, 0.3) is 11.1 Å². The molecule has 0 aliphatic carbocycles. The van der Waals surface area contributed by atoms with E-state index in [0.717, 1.165) is 23.1 Å². The highest BCUT2D eigenvalue weighted by molar-refractivity contribution is 5.80. The highest BCUT2D eigenvalue weighted by Crippen LogP contribution is 2.29. The molecule has 0 aliphatic rings. The van der Waals surface area contributed by atoms with Crippen molar-refractivity contribution < 1.29 is 14.6 Å². The first kappa shape index (κ1) is 19.8. The van der Waals surface area contributed by atoms with Gasteiger partial charge in [-0.25, -0.2) is 0 Å². The average molecular weight is 374 g/mol. The third kappa shape index (κ3) is 4.68. The second-order valence-electron chi connectivity index (χ2n) is 7.45. The van der Waals surface area contributed by atoms with Gasteiger partial charge in [0.05, 0.1) is 18.6 Å². The number of aliphatic carboxylic acids is 1. The zero-order valence-electron chi connectivity index (χ0n) is 16.4. The molecule has 0 bridgehead atoms. The molecule has 0 aliphatic heterocycles. The highest BCUT2D eigenvalue weighted by Gasteiger charge is 2.29. The normalized spacial score (nSPS) is 11.4. The van der Waals surface area contributed by atoms with Crippen LogP contribution in [0.1, 0.15) is 30.5 Å². The molecule has 3 aromatic rings. The molecule has 1 N–H and O–H groups in total. The number of carbonyl (C=O) groups is 1. The molecule has 0 fully saturated rings. The summed E-state index contributed by atoms with van der Waals surface area (Å²) >= 11 is 0. The minimum absolute atomic E-state index is 0.613. The van der Waals surface area contributed by atoms with Crippen LogP contribution in [0.5, 0.6) is 0 Å². The van der Waals surface area contributed by atoms with Crippen molar-refractivity contribution in [3.63, 3.8) is 0 Å². The minimum Gasteiger partial charge on any atom is -0.481 e. The van der Waals surface area contributed by atoms with Crippen LogP contribution in [-0.4, -0.2) is 17.7 Å². The van der Waals surface area contributed by atoms with E-state index < -0.39 is 11.4 Å². The van der Waals surface area contributed by atoms with Crippen LogP contribution in [-0.2, 0) is 28.0 Å². The van der Waals surface area contributed by atoms with Crippen LogP contribution in [0.15, 0.2) is 78.9 Å². The first-order valence-corrected chi connectivity index (χ1v) is 9.52. The Morgan fingerprint density at radius 1 is 0.893 bits per heavy atom. The first-order valence-electron chi connectivity index (χ1n) is 9.52. The van der Waals surface area contributed by atoms with Crippen molar-refractivity contribution in [1.29, 1.82) is 0 Å². The third-order valence-corrected chi connectivity index (χ3v) is 5.10. The fourth-order valence-electron chi connectivity index (χ4n) is 3.16. The van der Waals surface area contributed by atoms with Crippen LogP contribution in [0.2, 0.25) is 0 Å². The number of ether oxygens (including phenoxy) is 1. The Labute approximate surface area is 166 Å². The largest absolute Gasteiger partial charge is 0.481 e. The number of hydrogen-bond acceptors (Lipinski definition) is 2. The van der Waals surface area contributed by atoms with Gasteiger partial charge in [-0.05, 0) is 48.1 Å². The summed E-state index contributed by atoms with van der Waals surface area (Å²) < 4.78 is 5.84. The summed E-state index contributed by atoms with van der Waals surface area (Å²) in [6.07, 6.45) is 0.825. The van der Waals surface area contributed by atoms with Crippen molar-refractivity contribution >= 4 is 5.97 Å². The van der Waals surface area contributed by atoms with Gasteiger partial charge in [-0.2, -0.15) is 0 Å². The molecule has 0 spiro atoms. The Morgan fingerprint density at radius 2 is 1.54 bits per heavy atom. The Bertz CT molecular complexity index is 912. The second-order valence-corrected chi connectivity index (χ2v) is 7.45. The minimum atomic E-state index is -0.899. The topological polar surface area (TPSA) is 46.5 Å². The van der Waals surface area contributed by atoms with Gasteiger partial charge in [0.25, 0.3) is 0 Å². The highest BCUT2D eigenvalue weighted by atomic mass is 16.5. The number of benzene rings is 3. The van der Waals surface area contributed by atoms with E-state index in [1.807, 2.05) is 54.6 Å². The Kier molecular flexibility index (Phi) is 6.27. The quantitative estimate of drug-likeness (QED) is 0.532. The molecule has 0 aromatic heterocycles. The molecule has 0 radical (unpaired) electrons. The van der Waals surface area contributed by atoms with Gasteiger partial charge < -0.3 is 9.84 Å². The maximum absolute atomic E-state index is 11.5. The Hall–Kier alpha value is -2.91. The van der Waals surface area contributed by atoms with E-state index in [9.17, 15) is 9.90 Å². The summed E-state index contributed by atoms with van der Waals surface area (Å²) in [6.45, 7) is 4.71. The van der Waals surface area contributed by atoms with Crippen molar-refractivity contribution in [2.75, 3.05) is 6.61 Å². The van der Waals surface area contributed by atoms with E-state index in [4.69, 9.17) is 4.74 Å². The standard InChI is InChI=1S/C25H26O3/c1-25(2,24(26)27)22-14-12-21(13-15-22)23-11-7-6-10-20(23)16-17-28-18-19-8-4-3-5-9-19/h3-15H,16-18H2,1-2H3,(H,26,27). The molecule has 0 saturated heterocycles. The summed E-state index contributed by atoms with van der Waals surface area (Å²) in [7, 11) is 0. The van der Waals surface area contributed by atoms with Crippen LogP contribution in [0.4, 0.5) is 0 Å². The molecule has 0 unspecified atom stereocenters. The van der Waals surface area contributed by atoms with Crippen LogP contribution >= 0.6 is 0 Å². The van der Waals surface area contributed by atoms with Gasteiger partial charge in [-0.3, -0.25) is 4.79 Å². The van der Waals surface area contributed by atoms with Crippen LogP contribution < -0.4 is 0 Å². The van der Waals surface area contributed by atoms with E-state index in [1.54, 1.807) is 13.8 Å². The van der Waals surface area contributed by atoms with Gasteiger partial charge in [-0.1, -0.05) is 78.9 Å². The van der Waals surface area contributed by atoms with Gasteiger partial charge in [-0.15, -0.1) is 0 Å². The lowest BCUT2D eigenvalue weighted by Gasteiger charge is -2.20. The maximum atomic E-state index is 11.5. The molecule has 3 nitrogen and oxygen atoms in total. The lowest BCUT2D eigenvalue weighted by molar-refractivity contribution is -0.142. The van der Waals surface area contributed by atoms with E-state index in [2.05, 4.69) is 24.3 Å². The Morgan fingerprint density at radius 3 is 2.21 bits per heavy atom. The van der Waals surface area contributed by atoms with Gasteiger partial charge >= 0.3 is 5.97 Å². The number of rotatable bonds is 8. The molecule has 3 rings (SSSR count).